The number of carbonyl (C=O) groups is 1. The molecular formula is C24H23NO2. The van der Waals surface area contributed by atoms with Gasteiger partial charge in [-0.2, -0.15) is 0 Å². The average molecular weight is 357 g/mol. The number of aryl methyl sites for hydroxylation is 2. The van der Waals surface area contributed by atoms with Crippen LogP contribution >= 0.6 is 0 Å². The van der Waals surface area contributed by atoms with Crippen molar-refractivity contribution in [1.82, 2.24) is 5.32 Å². The number of carbonyl (C=O) groups excluding carboxylic acids is 1. The van der Waals surface area contributed by atoms with Gasteiger partial charge >= 0.3 is 0 Å². The largest absolute Gasteiger partial charge is 0.451 e. The van der Waals surface area contributed by atoms with Crippen LogP contribution in [0.1, 0.15) is 46.6 Å². The van der Waals surface area contributed by atoms with E-state index in [2.05, 4.69) is 56.4 Å². The van der Waals surface area contributed by atoms with Crippen LogP contribution in [0.5, 0.6) is 0 Å². The Morgan fingerprint density at radius 1 is 1.00 bits per heavy atom. The molecule has 4 rings (SSSR count). The molecule has 0 aliphatic heterocycles. The Bertz CT molecular complexity index is 1140. The Kier molecular flexibility index (Phi) is 4.44. The molecule has 4 aromatic rings. The van der Waals surface area contributed by atoms with E-state index in [1.54, 1.807) is 0 Å². The summed E-state index contributed by atoms with van der Waals surface area (Å²) >= 11 is 0. The van der Waals surface area contributed by atoms with E-state index >= 15 is 0 Å². The van der Waals surface area contributed by atoms with E-state index in [-0.39, 0.29) is 11.9 Å². The average Bonchev–Trinajstić information content (AvgIpc) is 3.11. The van der Waals surface area contributed by atoms with Gasteiger partial charge in [0, 0.05) is 5.39 Å². The van der Waals surface area contributed by atoms with Crippen molar-refractivity contribution >= 4 is 27.6 Å². The van der Waals surface area contributed by atoms with E-state index in [0.29, 0.717) is 5.76 Å². The third kappa shape index (κ3) is 3.21. The molecule has 0 saturated carbocycles. The topological polar surface area (TPSA) is 42.2 Å². The van der Waals surface area contributed by atoms with Gasteiger partial charge in [0.2, 0.25) is 0 Å². The standard InChI is InChI=1S/C24H23NO2/c1-4-21(18-11-9-15(2)13-16(18)3)25-24(26)23-14-20-19-8-6-5-7-17(19)10-12-22(20)27-23/h5-14,21H,4H2,1-3H3,(H,25,26). The minimum absolute atomic E-state index is 0.0388. The zero-order valence-electron chi connectivity index (χ0n) is 15.9. The maximum absolute atomic E-state index is 12.9. The maximum atomic E-state index is 12.9. The first kappa shape index (κ1) is 17.3. The van der Waals surface area contributed by atoms with E-state index in [0.717, 1.165) is 33.7 Å². The predicted octanol–water partition coefficient (Wildman–Crippen LogP) is 6.08. The Labute approximate surface area is 159 Å². The van der Waals surface area contributed by atoms with Crippen molar-refractivity contribution < 1.29 is 9.21 Å². The van der Waals surface area contributed by atoms with Gasteiger partial charge in [0.1, 0.15) is 5.58 Å². The smallest absolute Gasteiger partial charge is 0.287 e. The second-order valence-electron chi connectivity index (χ2n) is 7.10. The summed E-state index contributed by atoms with van der Waals surface area (Å²) in [6.45, 7) is 6.25. The molecule has 1 heterocycles. The fourth-order valence-corrected chi connectivity index (χ4v) is 3.75. The molecule has 136 valence electrons. The highest BCUT2D eigenvalue weighted by Crippen LogP contribution is 2.29. The van der Waals surface area contributed by atoms with Crippen molar-refractivity contribution in [3.8, 4) is 0 Å². The zero-order chi connectivity index (χ0) is 19.0. The van der Waals surface area contributed by atoms with Crippen molar-refractivity contribution in [1.29, 1.82) is 0 Å². The summed E-state index contributed by atoms with van der Waals surface area (Å²) in [6, 6.07) is 20.2. The molecule has 1 atom stereocenters. The van der Waals surface area contributed by atoms with E-state index in [1.807, 2.05) is 30.3 Å². The number of fused-ring (bicyclic) bond motifs is 3. The molecule has 1 amide bonds. The van der Waals surface area contributed by atoms with Crippen LogP contribution in [0.3, 0.4) is 0 Å². The van der Waals surface area contributed by atoms with Gasteiger partial charge in [-0.3, -0.25) is 4.79 Å². The summed E-state index contributed by atoms with van der Waals surface area (Å²) in [6.07, 6.45) is 0.818. The summed E-state index contributed by atoms with van der Waals surface area (Å²) < 4.78 is 5.86. The Morgan fingerprint density at radius 2 is 1.81 bits per heavy atom. The summed E-state index contributed by atoms with van der Waals surface area (Å²) in [5, 5.41) is 6.34. The molecule has 1 aromatic heterocycles. The molecule has 0 saturated heterocycles. The lowest BCUT2D eigenvalue weighted by molar-refractivity contribution is 0.0909. The highest BCUT2D eigenvalue weighted by Gasteiger charge is 2.19. The fraction of sp³-hybridized carbons (Fsp3) is 0.208. The molecule has 1 unspecified atom stereocenters. The first-order valence-corrected chi connectivity index (χ1v) is 9.36. The van der Waals surface area contributed by atoms with Gasteiger partial charge in [-0.15, -0.1) is 0 Å². The van der Waals surface area contributed by atoms with Gasteiger partial charge in [-0.1, -0.05) is 61.0 Å². The quantitative estimate of drug-likeness (QED) is 0.480. The van der Waals surface area contributed by atoms with Crippen LogP contribution in [0.2, 0.25) is 0 Å². The minimum Gasteiger partial charge on any atom is -0.451 e. The number of hydrogen-bond acceptors (Lipinski definition) is 2. The van der Waals surface area contributed by atoms with Gasteiger partial charge in [-0.05, 0) is 54.3 Å². The van der Waals surface area contributed by atoms with Gasteiger partial charge < -0.3 is 9.73 Å². The maximum Gasteiger partial charge on any atom is 0.287 e. The molecule has 0 radical (unpaired) electrons. The van der Waals surface area contributed by atoms with Crippen molar-refractivity contribution in [3.05, 3.63) is 83.1 Å². The van der Waals surface area contributed by atoms with Crippen LogP contribution < -0.4 is 5.32 Å². The predicted molar refractivity (Wildman–Crippen MR) is 110 cm³/mol. The number of furan rings is 1. The van der Waals surface area contributed by atoms with Crippen molar-refractivity contribution in [2.24, 2.45) is 0 Å². The molecule has 0 fully saturated rings. The number of benzene rings is 3. The van der Waals surface area contributed by atoms with Crippen LogP contribution in [-0.2, 0) is 0 Å². The third-order valence-corrected chi connectivity index (χ3v) is 5.16. The van der Waals surface area contributed by atoms with Gasteiger partial charge in [0.15, 0.2) is 5.76 Å². The molecule has 3 nitrogen and oxygen atoms in total. The van der Waals surface area contributed by atoms with Crippen LogP contribution in [-0.4, -0.2) is 5.91 Å². The van der Waals surface area contributed by atoms with Crippen molar-refractivity contribution in [2.45, 2.75) is 33.2 Å². The van der Waals surface area contributed by atoms with Crippen molar-refractivity contribution in [3.63, 3.8) is 0 Å². The second kappa shape index (κ2) is 6.92. The fourth-order valence-electron chi connectivity index (χ4n) is 3.75. The lowest BCUT2D eigenvalue weighted by Crippen LogP contribution is -2.28. The Hall–Kier alpha value is -3.07. The Balaban J connectivity index is 1.66. The molecule has 0 bridgehead atoms. The molecule has 3 aromatic carbocycles. The molecule has 3 heteroatoms. The first-order chi connectivity index (χ1) is 13.1. The molecule has 0 aliphatic rings. The highest BCUT2D eigenvalue weighted by atomic mass is 16.3. The highest BCUT2D eigenvalue weighted by molar-refractivity contribution is 6.08. The van der Waals surface area contributed by atoms with Gasteiger partial charge in [0.05, 0.1) is 6.04 Å². The zero-order valence-corrected chi connectivity index (χ0v) is 15.9. The summed E-state index contributed by atoms with van der Waals surface area (Å²) in [5.41, 5.74) is 4.30. The van der Waals surface area contributed by atoms with Crippen LogP contribution in [0.4, 0.5) is 0 Å². The van der Waals surface area contributed by atoms with Gasteiger partial charge in [0.25, 0.3) is 5.91 Å². The first-order valence-electron chi connectivity index (χ1n) is 9.36. The minimum atomic E-state index is -0.179. The second-order valence-corrected chi connectivity index (χ2v) is 7.10. The van der Waals surface area contributed by atoms with Crippen LogP contribution in [0.25, 0.3) is 21.7 Å². The van der Waals surface area contributed by atoms with E-state index in [1.165, 1.54) is 11.1 Å². The van der Waals surface area contributed by atoms with Crippen LogP contribution in [0, 0.1) is 13.8 Å². The number of nitrogens with one attached hydrogen (secondary N) is 1. The lowest BCUT2D eigenvalue weighted by atomic mass is 9.97. The number of rotatable bonds is 4. The number of hydrogen-bond donors (Lipinski definition) is 1. The normalized spacial score (nSPS) is 12.4. The van der Waals surface area contributed by atoms with E-state index < -0.39 is 0 Å². The van der Waals surface area contributed by atoms with E-state index in [9.17, 15) is 4.79 Å². The monoisotopic (exact) mass is 357 g/mol. The van der Waals surface area contributed by atoms with E-state index in [4.69, 9.17) is 4.42 Å². The van der Waals surface area contributed by atoms with Gasteiger partial charge in [-0.25, -0.2) is 0 Å². The van der Waals surface area contributed by atoms with Crippen molar-refractivity contribution in [2.75, 3.05) is 0 Å². The Morgan fingerprint density at radius 3 is 2.59 bits per heavy atom. The third-order valence-electron chi connectivity index (χ3n) is 5.16. The SMILES string of the molecule is CCC(NC(=O)c1cc2c(ccc3ccccc32)o1)c1ccc(C)cc1C. The summed E-state index contributed by atoms with van der Waals surface area (Å²) in [4.78, 5) is 12.9. The van der Waals surface area contributed by atoms with Crippen LogP contribution in [0.15, 0.2) is 65.1 Å². The molecule has 0 aliphatic carbocycles. The summed E-state index contributed by atoms with van der Waals surface area (Å²) in [7, 11) is 0. The molecule has 1 N–H and O–H groups in total. The lowest BCUT2D eigenvalue weighted by Gasteiger charge is -2.19. The molecule has 27 heavy (non-hydrogen) atoms. The molecule has 0 spiro atoms. The molecular weight excluding hydrogens is 334 g/mol. The summed E-state index contributed by atoms with van der Waals surface area (Å²) in [5.74, 6) is 0.173. The number of amides is 1.